The maximum Gasteiger partial charge on any atom is 0.0672 e. The maximum absolute atomic E-state index is 10.4. The lowest BCUT2D eigenvalue weighted by atomic mass is 9.85. The fourth-order valence-corrected chi connectivity index (χ4v) is 2.26. The van der Waals surface area contributed by atoms with Gasteiger partial charge in [0.25, 0.3) is 0 Å². The average Bonchev–Trinajstić information content (AvgIpc) is 2.16. The largest absolute Gasteiger partial charge is 0.390 e. The highest BCUT2D eigenvalue weighted by Crippen LogP contribution is 2.29. The monoisotopic (exact) mass is 213 g/mol. The molecule has 0 saturated carbocycles. The number of hydrogen-bond acceptors (Lipinski definition) is 2. The van der Waals surface area contributed by atoms with Gasteiger partial charge in [0.05, 0.1) is 5.60 Å². The van der Waals surface area contributed by atoms with Crippen LogP contribution in [0.3, 0.4) is 0 Å². The number of hydrogen-bond donors (Lipinski definition) is 1. The van der Waals surface area contributed by atoms with Crippen LogP contribution in [-0.4, -0.2) is 34.7 Å². The minimum atomic E-state index is -0.365. The van der Waals surface area contributed by atoms with Crippen LogP contribution in [0.1, 0.15) is 53.4 Å². The number of nitrogens with zero attached hydrogens (tertiary/aromatic N) is 1. The van der Waals surface area contributed by atoms with Gasteiger partial charge >= 0.3 is 0 Å². The smallest absolute Gasteiger partial charge is 0.0672 e. The van der Waals surface area contributed by atoms with Crippen LogP contribution in [0.25, 0.3) is 0 Å². The van der Waals surface area contributed by atoms with Gasteiger partial charge in [-0.3, -0.25) is 0 Å². The van der Waals surface area contributed by atoms with Crippen molar-refractivity contribution in [2.75, 3.05) is 13.1 Å². The van der Waals surface area contributed by atoms with Crippen molar-refractivity contribution in [3.63, 3.8) is 0 Å². The van der Waals surface area contributed by atoms with E-state index < -0.39 is 0 Å². The fraction of sp³-hybridized carbons (Fsp3) is 1.00. The van der Waals surface area contributed by atoms with E-state index in [1.165, 1.54) is 0 Å². The Kier molecular flexibility index (Phi) is 4.60. The second kappa shape index (κ2) is 5.31. The van der Waals surface area contributed by atoms with Gasteiger partial charge in [-0.2, -0.15) is 0 Å². The van der Waals surface area contributed by atoms with Gasteiger partial charge in [-0.25, -0.2) is 0 Å². The number of likely N-dealkylation sites (tertiary alicyclic amines) is 1. The molecular formula is C13H27NO. The lowest BCUT2D eigenvalue weighted by molar-refractivity contribution is -0.0369. The molecule has 0 amide bonds. The van der Waals surface area contributed by atoms with Gasteiger partial charge in [0.15, 0.2) is 0 Å². The Morgan fingerprint density at radius 1 is 1.13 bits per heavy atom. The molecule has 0 aromatic heterocycles. The summed E-state index contributed by atoms with van der Waals surface area (Å²) in [5.74, 6) is 0.706. The molecular weight excluding hydrogens is 186 g/mol. The van der Waals surface area contributed by atoms with Crippen molar-refractivity contribution in [3.05, 3.63) is 0 Å². The van der Waals surface area contributed by atoms with Crippen LogP contribution in [0.4, 0.5) is 0 Å². The van der Waals surface area contributed by atoms with Crippen molar-refractivity contribution in [2.24, 2.45) is 5.92 Å². The first-order chi connectivity index (χ1) is 6.93. The summed E-state index contributed by atoms with van der Waals surface area (Å²) in [6.07, 6.45) is 4.05. The van der Waals surface area contributed by atoms with Crippen molar-refractivity contribution in [2.45, 2.75) is 65.0 Å². The summed E-state index contributed by atoms with van der Waals surface area (Å²) in [6.45, 7) is 11.1. The van der Waals surface area contributed by atoms with E-state index in [0.717, 1.165) is 38.8 Å². The van der Waals surface area contributed by atoms with Crippen molar-refractivity contribution in [3.8, 4) is 0 Å². The molecule has 0 atom stereocenters. The van der Waals surface area contributed by atoms with E-state index in [4.69, 9.17) is 0 Å². The Morgan fingerprint density at radius 2 is 1.67 bits per heavy atom. The van der Waals surface area contributed by atoms with E-state index in [2.05, 4.69) is 32.6 Å². The molecule has 1 aliphatic heterocycles. The molecule has 0 bridgehead atoms. The summed E-state index contributed by atoms with van der Waals surface area (Å²) in [5, 5.41) is 10.4. The molecule has 1 saturated heterocycles. The van der Waals surface area contributed by atoms with Crippen LogP contribution in [0.5, 0.6) is 0 Å². The normalized spacial score (nSPS) is 22.6. The first-order valence-corrected chi connectivity index (χ1v) is 6.39. The molecule has 2 heteroatoms. The van der Waals surface area contributed by atoms with Gasteiger partial charge in [0.1, 0.15) is 0 Å². The second-order valence-corrected chi connectivity index (χ2v) is 5.79. The molecule has 90 valence electrons. The molecule has 0 aliphatic carbocycles. The van der Waals surface area contributed by atoms with Gasteiger partial charge in [0.2, 0.25) is 0 Å². The molecule has 0 aromatic carbocycles. The van der Waals surface area contributed by atoms with E-state index >= 15 is 0 Å². The highest BCUT2D eigenvalue weighted by molar-refractivity contribution is 4.86. The van der Waals surface area contributed by atoms with Crippen LogP contribution in [0, 0.1) is 5.92 Å². The van der Waals surface area contributed by atoms with Crippen molar-refractivity contribution in [1.82, 2.24) is 4.90 Å². The average molecular weight is 213 g/mol. The fourth-order valence-electron chi connectivity index (χ4n) is 2.26. The van der Waals surface area contributed by atoms with Crippen LogP contribution in [-0.2, 0) is 0 Å². The Bertz CT molecular complexity index is 181. The standard InChI is InChI=1S/C13H27NO/c1-11(2)5-6-13(15)7-9-14(10-8-13)12(3)4/h11-12,15H,5-10H2,1-4H3. The molecule has 1 N–H and O–H groups in total. The Labute approximate surface area is 94.7 Å². The predicted octanol–water partition coefficient (Wildman–Crippen LogP) is 2.66. The summed E-state index contributed by atoms with van der Waals surface area (Å²) in [7, 11) is 0. The highest BCUT2D eigenvalue weighted by atomic mass is 16.3. The zero-order valence-electron chi connectivity index (χ0n) is 10.8. The third-order valence-electron chi connectivity index (χ3n) is 3.65. The molecule has 0 spiro atoms. The zero-order chi connectivity index (χ0) is 11.5. The van der Waals surface area contributed by atoms with Crippen molar-refractivity contribution >= 4 is 0 Å². The van der Waals surface area contributed by atoms with Crippen LogP contribution < -0.4 is 0 Å². The molecule has 1 rings (SSSR count). The summed E-state index contributed by atoms with van der Waals surface area (Å²) < 4.78 is 0. The van der Waals surface area contributed by atoms with E-state index in [1.807, 2.05) is 0 Å². The van der Waals surface area contributed by atoms with E-state index in [-0.39, 0.29) is 5.60 Å². The van der Waals surface area contributed by atoms with Gasteiger partial charge in [-0.1, -0.05) is 13.8 Å². The predicted molar refractivity (Wildman–Crippen MR) is 65.0 cm³/mol. The molecule has 15 heavy (non-hydrogen) atoms. The first-order valence-electron chi connectivity index (χ1n) is 6.39. The molecule has 0 aromatic rings. The SMILES string of the molecule is CC(C)CCC1(O)CCN(C(C)C)CC1. The zero-order valence-corrected chi connectivity index (χ0v) is 10.8. The van der Waals surface area contributed by atoms with Crippen LogP contribution in [0.2, 0.25) is 0 Å². The van der Waals surface area contributed by atoms with E-state index in [1.54, 1.807) is 0 Å². The lowest BCUT2D eigenvalue weighted by Crippen LogP contribution is -2.46. The van der Waals surface area contributed by atoms with Gasteiger partial charge in [-0.15, -0.1) is 0 Å². The number of rotatable bonds is 4. The van der Waals surface area contributed by atoms with Gasteiger partial charge in [0, 0.05) is 19.1 Å². The first kappa shape index (κ1) is 13.0. The van der Waals surface area contributed by atoms with Crippen LogP contribution >= 0.6 is 0 Å². The Hall–Kier alpha value is -0.0800. The lowest BCUT2D eigenvalue weighted by Gasteiger charge is -2.40. The van der Waals surface area contributed by atoms with Gasteiger partial charge < -0.3 is 10.0 Å². The Morgan fingerprint density at radius 3 is 2.07 bits per heavy atom. The third kappa shape index (κ3) is 4.12. The van der Waals surface area contributed by atoms with E-state index in [9.17, 15) is 5.11 Å². The third-order valence-corrected chi connectivity index (χ3v) is 3.65. The summed E-state index contributed by atoms with van der Waals surface area (Å²) in [5.41, 5.74) is -0.365. The minimum absolute atomic E-state index is 0.365. The summed E-state index contributed by atoms with van der Waals surface area (Å²) in [6, 6.07) is 0.625. The molecule has 0 unspecified atom stereocenters. The van der Waals surface area contributed by atoms with Crippen molar-refractivity contribution in [1.29, 1.82) is 0 Å². The second-order valence-electron chi connectivity index (χ2n) is 5.79. The summed E-state index contributed by atoms with van der Waals surface area (Å²) >= 11 is 0. The molecule has 1 heterocycles. The highest BCUT2D eigenvalue weighted by Gasteiger charge is 2.32. The molecule has 1 aliphatic rings. The van der Waals surface area contributed by atoms with E-state index in [0.29, 0.717) is 12.0 Å². The number of piperidine rings is 1. The van der Waals surface area contributed by atoms with Crippen LogP contribution in [0.15, 0.2) is 0 Å². The number of aliphatic hydroxyl groups is 1. The molecule has 1 fully saturated rings. The topological polar surface area (TPSA) is 23.5 Å². The van der Waals surface area contributed by atoms with Crippen molar-refractivity contribution < 1.29 is 5.11 Å². The Balaban J connectivity index is 2.34. The van der Waals surface area contributed by atoms with Gasteiger partial charge in [-0.05, 0) is 45.4 Å². The maximum atomic E-state index is 10.4. The summed E-state index contributed by atoms with van der Waals surface area (Å²) in [4.78, 5) is 2.46. The molecule has 2 nitrogen and oxygen atoms in total. The molecule has 0 radical (unpaired) electrons. The minimum Gasteiger partial charge on any atom is -0.390 e. The quantitative estimate of drug-likeness (QED) is 0.776.